The van der Waals surface area contributed by atoms with Gasteiger partial charge in [0.25, 0.3) is 0 Å². The van der Waals surface area contributed by atoms with Crippen molar-refractivity contribution in [2.45, 2.75) is 46.0 Å². The summed E-state index contributed by atoms with van der Waals surface area (Å²) >= 11 is 0. The fourth-order valence-corrected chi connectivity index (χ4v) is 3.04. The molecule has 0 saturated carbocycles. The molecule has 1 aromatic heterocycles. The molecule has 2 aromatic carbocycles. The second kappa shape index (κ2) is 9.03. The van der Waals surface area contributed by atoms with Crippen molar-refractivity contribution in [2.24, 2.45) is 0 Å². The maximum atomic E-state index is 12.1. The van der Waals surface area contributed by atoms with Gasteiger partial charge in [0.2, 0.25) is 5.91 Å². The van der Waals surface area contributed by atoms with Crippen molar-refractivity contribution >= 4 is 22.8 Å². The molecule has 0 fully saturated rings. The highest BCUT2D eigenvalue weighted by Crippen LogP contribution is 2.27. The average Bonchev–Trinajstić information content (AvgIpc) is 3.14. The Bertz CT molecular complexity index is 1010. The first-order chi connectivity index (χ1) is 14.2. The van der Waals surface area contributed by atoms with E-state index in [1.54, 1.807) is 12.1 Å². The van der Waals surface area contributed by atoms with Gasteiger partial charge in [-0.15, -0.1) is 0 Å². The molecule has 0 spiro atoms. The molecule has 0 bridgehead atoms. The van der Waals surface area contributed by atoms with Crippen LogP contribution in [0.3, 0.4) is 0 Å². The molecule has 0 radical (unpaired) electrons. The maximum absolute atomic E-state index is 12.1. The smallest absolute Gasteiger partial charge is 0.305 e. The first-order valence-corrected chi connectivity index (χ1v) is 10.1. The Morgan fingerprint density at radius 3 is 2.50 bits per heavy atom. The fourth-order valence-electron chi connectivity index (χ4n) is 3.04. The van der Waals surface area contributed by atoms with Crippen LogP contribution in [0.2, 0.25) is 0 Å². The highest BCUT2D eigenvalue weighted by molar-refractivity contribution is 5.96. The Labute approximate surface area is 176 Å². The number of furan rings is 1. The number of hydrogen-bond donors (Lipinski definition) is 2. The summed E-state index contributed by atoms with van der Waals surface area (Å²) in [7, 11) is 0. The van der Waals surface area contributed by atoms with Gasteiger partial charge in [-0.3, -0.25) is 20.4 Å². The lowest BCUT2D eigenvalue weighted by Crippen LogP contribution is -2.41. The van der Waals surface area contributed by atoms with Crippen molar-refractivity contribution in [3.05, 3.63) is 65.4 Å². The minimum absolute atomic E-state index is 0.0915. The van der Waals surface area contributed by atoms with Crippen LogP contribution in [-0.4, -0.2) is 18.4 Å². The van der Waals surface area contributed by atoms with Crippen LogP contribution in [-0.2, 0) is 10.2 Å². The van der Waals surface area contributed by atoms with Gasteiger partial charge in [-0.25, -0.2) is 0 Å². The van der Waals surface area contributed by atoms with Gasteiger partial charge in [-0.1, -0.05) is 51.1 Å². The number of benzene rings is 2. The summed E-state index contributed by atoms with van der Waals surface area (Å²) in [4.78, 5) is 24.1. The summed E-state index contributed by atoms with van der Waals surface area (Å²) in [5.74, 6) is 0.184. The Kier molecular flexibility index (Phi) is 6.45. The highest BCUT2D eigenvalue weighted by atomic mass is 16.5. The van der Waals surface area contributed by atoms with Crippen molar-refractivity contribution in [2.75, 3.05) is 6.61 Å². The van der Waals surface area contributed by atoms with Gasteiger partial charge >= 0.3 is 5.91 Å². The van der Waals surface area contributed by atoms with Gasteiger partial charge in [0.15, 0.2) is 5.76 Å². The predicted molar refractivity (Wildman–Crippen MR) is 116 cm³/mol. The highest BCUT2D eigenvalue weighted by Gasteiger charge is 2.15. The summed E-state index contributed by atoms with van der Waals surface area (Å²) in [6.07, 6.45) is 0.770. The van der Waals surface area contributed by atoms with Crippen LogP contribution in [0.25, 0.3) is 11.0 Å². The molecule has 3 aromatic rings. The summed E-state index contributed by atoms with van der Waals surface area (Å²) in [5, 5.41) is 0.831. The largest absolute Gasteiger partial charge is 0.493 e. The molecule has 2 amide bonds. The molecule has 0 aliphatic heterocycles. The van der Waals surface area contributed by atoms with E-state index in [0.29, 0.717) is 18.6 Å². The van der Waals surface area contributed by atoms with Crippen molar-refractivity contribution in [1.82, 2.24) is 10.9 Å². The van der Waals surface area contributed by atoms with Gasteiger partial charge in [-0.05, 0) is 48.1 Å². The van der Waals surface area contributed by atoms with Gasteiger partial charge in [-0.2, -0.15) is 0 Å². The van der Waals surface area contributed by atoms with Crippen molar-refractivity contribution in [3.8, 4) is 5.75 Å². The van der Waals surface area contributed by atoms with Crippen LogP contribution in [0, 0.1) is 6.92 Å². The fraction of sp³-hybridized carbons (Fsp3) is 0.333. The molecular weight excluding hydrogens is 380 g/mol. The first-order valence-electron chi connectivity index (χ1n) is 10.1. The second-order valence-electron chi connectivity index (χ2n) is 8.33. The lowest BCUT2D eigenvalue weighted by Gasteiger charge is -2.20. The third-order valence-electron chi connectivity index (χ3n) is 4.81. The molecule has 158 valence electrons. The Balaban J connectivity index is 1.40. The van der Waals surface area contributed by atoms with Crippen LogP contribution in [0.1, 0.15) is 55.3 Å². The topological polar surface area (TPSA) is 80.6 Å². The second-order valence-corrected chi connectivity index (χ2v) is 8.33. The SMILES string of the molecule is Cc1cc(C(C)(C)C)ccc1OCCCC(=O)NNC(=O)c1cc2ccccc2o1. The van der Waals surface area contributed by atoms with Gasteiger partial charge < -0.3 is 9.15 Å². The molecule has 1 heterocycles. The van der Waals surface area contributed by atoms with Gasteiger partial charge in [0, 0.05) is 11.8 Å². The monoisotopic (exact) mass is 408 g/mol. The van der Waals surface area contributed by atoms with Gasteiger partial charge in [0.1, 0.15) is 11.3 Å². The molecule has 0 aliphatic rings. The minimum atomic E-state index is -0.495. The quantitative estimate of drug-likeness (QED) is 0.459. The first kappa shape index (κ1) is 21.4. The van der Waals surface area contributed by atoms with E-state index < -0.39 is 5.91 Å². The molecule has 2 N–H and O–H groups in total. The number of amides is 2. The minimum Gasteiger partial charge on any atom is -0.493 e. The van der Waals surface area contributed by atoms with E-state index in [9.17, 15) is 9.59 Å². The number of para-hydroxylation sites is 1. The van der Waals surface area contributed by atoms with E-state index in [1.165, 1.54) is 5.56 Å². The Morgan fingerprint density at radius 1 is 1.03 bits per heavy atom. The Morgan fingerprint density at radius 2 is 1.80 bits per heavy atom. The normalized spacial score (nSPS) is 11.3. The summed E-state index contributed by atoms with van der Waals surface area (Å²) in [6, 6.07) is 15.1. The molecule has 0 unspecified atom stereocenters. The number of hydrazine groups is 1. The van der Waals surface area contributed by atoms with Crippen molar-refractivity contribution in [1.29, 1.82) is 0 Å². The van der Waals surface area contributed by atoms with Crippen LogP contribution in [0.4, 0.5) is 0 Å². The van der Waals surface area contributed by atoms with Crippen LogP contribution in [0.5, 0.6) is 5.75 Å². The zero-order chi connectivity index (χ0) is 21.7. The van der Waals surface area contributed by atoms with E-state index in [-0.39, 0.29) is 23.5 Å². The number of rotatable bonds is 6. The zero-order valence-electron chi connectivity index (χ0n) is 17.9. The number of hydrogen-bond acceptors (Lipinski definition) is 4. The number of ether oxygens (including phenoxy) is 1. The third-order valence-corrected chi connectivity index (χ3v) is 4.81. The third kappa shape index (κ3) is 5.41. The number of carbonyl (C=O) groups excluding carboxylic acids is 2. The lowest BCUT2D eigenvalue weighted by atomic mass is 9.86. The molecule has 3 rings (SSSR count). The standard InChI is InChI=1S/C24H28N2O4/c1-16-14-18(24(2,3)4)11-12-19(16)29-13-7-10-22(27)25-26-23(28)21-15-17-8-5-6-9-20(17)30-21/h5-6,8-9,11-12,14-15H,7,10,13H2,1-4H3,(H,25,27)(H,26,28). The van der Waals surface area contributed by atoms with Gasteiger partial charge in [0.05, 0.1) is 6.61 Å². The predicted octanol–water partition coefficient (Wildman–Crippen LogP) is 4.66. The summed E-state index contributed by atoms with van der Waals surface area (Å²) < 4.78 is 11.3. The van der Waals surface area contributed by atoms with Crippen molar-refractivity contribution in [3.63, 3.8) is 0 Å². The number of carbonyl (C=O) groups is 2. The molecular formula is C24H28N2O4. The molecule has 30 heavy (non-hydrogen) atoms. The van der Waals surface area contributed by atoms with E-state index >= 15 is 0 Å². The molecule has 0 aliphatic carbocycles. The zero-order valence-corrected chi connectivity index (χ0v) is 17.9. The summed E-state index contributed by atoms with van der Waals surface area (Å²) in [5.41, 5.74) is 7.82. The van der Waals surface area contributed by atoms with E-state index in [4.69, 9.17) is 9.15 Å². The summed E-state index contributed by atoms with van der Waals surface area (Å²) in [6.45, 7) is 8.96. The van der Waals surface area contributed by atoms with Crippen LogP contribution >= 0.6 is 0 Å². The Hall–Kier alpha value is -3.28. The molecule has 6 heteroatoms. The van der Waals surface area contributed by atoms with E-state index in [2.05, 4.69) is 43.8 Å². The molecule has 6 nitrogen and oxygen atoms in total. The number of fused-ring (bicyclic) bond motifs is 1. The van der Waals surface area contributed by atoms with Crippen LogP contribution < -0.4 is 15.6 Å². The number of aryl methyl sites for hydroxylation is 1. The van der Waals surface area contributed by atoms with E-state index in [0.717, 1.165) is 16.7 Å². The molecule has 0 saturated heterocycles. The maximum Gasteiger partial charge on any atom is 0.305 e. The average molecular weight is 408 g/mol. The lowest BCUT2D eigenvalue weighted by molar-refractivity contribution is -0.122. The van der Waals surface area contributed by atoms with Crippen LogP contribution in [0.15, 0.2) is 52.9 Å². The molecule has 0 atom stereocenters. The van der Waals surface area contributed by atoms with Crippen molar-refractivity contribution < 1.29 is 18.7 Å². The van der Waals surface area contributed by atoms with E-state index in [1.807, 2.05) is 31.2 Å². The number of nitrogens with one attached hydrogen (secondary N) is 2.